The molecule has 0 aromatic heterocycles. The fourth-order valence-corrected chi connectivity index (χ4v) is 7.64. The van der Waals surface area contributed by atoms with Crippen molar-refractivity contribution in [1.29, 1.82) is 0 Å². The van der Waals surface area contributed by atoms with E-state index in [1.807, 2.05) is 6.08 Å². The van der Waals surface area contributed by atoms with E-state index in [0.29, 0.717) is 6.42 Å². The quantitative estimate of drug-likeness (QED) is 0.402. The smallest absolute Gasteiger partial charge is 0.303 e. The predicted octanol–water partition coefficient (Wildman–Crippen LogP) is 3.33. The molecule has 0 amide bonds. The molecule has 0 aromatic carbocycles. The van der Waals surface area contributed by atoms with Crippen LogP contribution >= 0.6 is 0 Å². The summed E-state index contributed by atoms with van der Waals surface area (Å²) in [6.45, 7) is 8.65. The maximum Gasteiger partial charge on any atom is 0.303 e. The number of aliphatic hydroxyl groups excluding tert-OH is 1. The van der Waals surface area contributed by atoms with Gasteiger partial charge < -0.3 is 19.3 Å². The van der Waals surface area contributed by atoms with Gasteiger partial charge in [-0.15, -0.1) is 0 Å². The molecule has 0 radical (unpaired) electrons. The molecule has 3 saturated carbocycles. The van der Waals surface area contributed by atoms with Crippen molar-refractivity contribution in [3.8, 4) is 0 Å². The Labute approximate surface area is 189 Å². The average Bonchev–Trinajstić information content (AvgIpc) is 3.01. The summed E-state index contributed by atoms with van der Waals surface area (Å²) in [5.41, 5.74) is 0.430. The Balaban J connectivity index is 1.72. The van der Waals surface area contributed by atoms with Gasteiger partial charge >= 0.3 is 17.9 Å². The largest absolute Gasteiger partial charge is 0.462 e. The first kappa shape index (κ1) is 23.3. The van der Waals surface area contributed by atoms with Crippen LogP contribution in [-0.2, 0) is 28.6 Å². The second kappa shape index (κ2) is 8.15. The van der Waals surface area contributed by atoms with Crippen LogP contribution in [0.3, 0.4) is 0 Å². The molecule has 0 spiro atoms. The van der Waals surface area contributed by atoms with E-state index in [1.54, 1.807) is 0 Å². The van der Waals surface area contributed by atoms with E-state index in [0.717, 1.165) is 37.7 Å². The van der Waals surface area contributed by atoms with Gasteiger partial charge in [-0.05, 0) is 67.4 Å². The van der Waals surface area contributed by atoms with Crippen molar-refractivity contribution >= 4 is 17.9 Å². The highest BCUT2D eigenvalue weighted by molar-refractivity contribution is 5.67. The van der Waals surface area contributed by atoms with Gasteiger partial charge in [-0.1, -0.05) is 13.8 Å². The number of fused-ring (bicyclic) bond motifs is 5. The summed E-state index contributed by atoms with van der Waals surface area (Å²) in [6.07, 6.45) is 4.88. The molecule has 0 bridgehead atoms. The van der Waals surface area contributed by atoms with Gasteiger partial charge in [0.25, 0.3) is 0 Å². The summed E-state index contributed by atoms with van der Waals surface area (Å²) < 4.78 is 17.0. The summed E-state index contributed by atoms with van der Waals surface area (Å²) in [5, 5.41) is 11.2. The highest BCUT2D eigenvalue weighted by atomic mass is 16.6. The first-order chi connectivity index (χ1) is 15.0. The molecule has 0 aliphatic heterocycles. The maximum atomic E-state index is 12.0. The van der Waals surface area contributed by atoms with E-state index < -0.39 is 24.3 Å². The molecule has 1 N–H and O–H groups in total. The number of ether oxygens (including phenoxy) is 3. The first-order valence-electron chi connectivity index (χ1n) is 11.9. The fourth-order valence-electron chi connectivity index (χ4n) is 7.64. The fraction of sp³-hybridized carbons (Fsp3) is 0.800. The SMILES string of the molecule is CC(=O)O[C@H]1C=C2[C@@H](O)[C@@H](OC(C)=O)CCC2(C)C2CCC3(C)C(CC[C@@H]3OC(C)=O)C21. The highest BCUT2D eigenvalue weighted by Crippen LogP contribution is 2.65. The van der Waals surface area contributed by atoms with Crippen LogP contribution in [0.25, 0.3) is 0 Å². The number of esters is 3. The van der Waals surface area contributed by atoms with Gasteiger partial charge in [-0.25, -0.2) is 0 Å². The Morgan fingerprint density at radius 2 is 1.53 bits per heavy atom. The van der Waals surface area contributed by atoms with Crippen LogP contribution in [0.15, 0.2) is 11.6 Å². The van der Waals surface area contributed by atoms with Crippen LogP contribution in [-0.4, -0.2) is 47.4 Å². The summed E-state index contributed by atoms with van der Waals surface area (Å²) in [4.78, 5) is 35.3. The minimum Gasteiger partial charge on any atom is -0.462 e. The second-order valence-corrected chi connectivity index (χ2v) is 10.8. The molecule has 4 aliphatic carbocycles. The molecule has 9 atom stereocenters. The first-order valence-corrected chi connectivity index (χ1v) is 11.9. The molecule has 5 unspecified atom stereocenters. The van der Waals surface area contributed by atoms with Gasteiger partial charge in [0.2, 0.25) is 0 Å². The molecule has 0 heterocycles. The van der Waals surface area contributed by atoms with Crippen LogP contribution in [0.5, 0.6) is 0 Å². The molecule has 4 aliphatic rings. The van der Waals surface area contributed by atoms with Crippen molar-refractivity contribution < 1.29 is 33.7 Å². The number of hydrogen-bond acceptors (Lipinski definition) is 7. The molecule has 0 aromatic rings. The normalized spacial score (nSPS) is 44.9. The summed E-state index contributed by atoms with van der Waals surface area (Å²) in [5.74, 6) is -0.413. The standard InChI is InChI=1S/C25H36O7/c1-13(26)30-19-9-11-24(4)17-8-10-25(5)16(6-7-21(25)32-15(3)28)22(17)20(31-14(2)27)12-18(24)23(19)29/h12,16-17,19-23,29H,6-11H2,1-5H3/t16?,17?,19-,20-,21-,22?,23+,24?,25?/m0/s1. The van der Waals surface area contributed by atoms with E-state index in [2.05, 4.69) is 13.8 Å². The summed E-state index contributed by atoms with van der Waals surface area (Å²) >= 11 is 0. The van der Waals surface area contributed by atoms with Crippen molar-refractivity contribution in [2.45, 2.75) is 97.6 Å². The van der Waals surface area contributed by atoms with Crippen LogP contribution in [0.4, 0.5) is 0 Å². The zero-order valence-corrected chi connectivity index (χ0v) is 19.8. The van der Waals surface area contributed by atoms with Crippen molar-refractivity contribution in [3.63, 3.8) is 0 Å². The molecule has 178 valence electrons. The Morgan fingerprint density at radius 1 is 0.875 bits per heavy atom. The number of hydrogen-bond donors (Lipinski definition) is 1. The lowest BCUT2D eigenvalue weighted by Gasteiger charge is -2.59. The average molecular weight is 449 g/mol. The van der Waals surface area contributed by atoms with E-state index in [-0.39, 0.29) is 46.6 Å². The summed E-state index contributed by atoms with van der Waals surface area (Å²) in [6, 6.07) is 0. The molecule has 32 heavy (non-hydrogen) atoms. The lowest BCUT2D eigenvalue weighted by Crippen LogP contribution is -2.58. The molecular formula is C25H36O7. The predicted molar refractivity (Wildman–Crippen MR) is 115 cm³/mol. The van der Waals surface area contributed by atoms with Crippen molar-refractivity contribution in [2.24, 2.45) is 28.6 Å². The molecular weight excluding hydrogens is 412 g/mol. The third-order valence-electron chi connectivity index (χ3n) is 8.99. The van der Waals surface area contributed by atoms with Crippen LogP contribution in [0, 0.1) is 28.6 Å². The Hall–Kier alpha value is -1.89. The van der Waals surface area contributed by atoms with Gasteiger partial charge in [0.15, 0.2) is 0 Å². The van der Waals surface area contributed by atoms with Crippen LogP contribution < -0.4 is 0 Å². The summed E-state index contributed by atoms with van der Waals surface area (Å²) in [7, 11) is 0. The second-order valence-electron chi connectivity index (χ2n) is 10.8. The number of aliphatic hydroxyl groups is 1. The highest BCUT2D eigenvalue weighted by Gasteiger charge is 2.63. The van der Waals surface area contributed by atoms with E-state index in [9.17, 15) is 19.5 Å². The topological polar surface area (TPSA) is 99.1 Å². The van der Waals surface area contributed by atoms with Crippen molar-refractivity contribution in [1.82, 2.24) is 0 Å². The Bertz CT molecular complexity index is 834. The Morgan fingerprint density at radius 3 is 2.16 bits per heavy atom. The number of carbonyl (C=O) groups excluding carboxylic acids is 3. The third-order valence-corrected chi connectivity index (χ3v) is 8.99. The number of rotatable bonds is 3. The van der Waals surface area contributed by atoms with Crippen LogP contribution in [0.2, 0.25) is 0 Å². The van der Waals surface area contributed by atoms with Gasteiger partial charge in [0, 0.05) is 32.1 Å². The van der Waals surface area contributed by atoms with Crippen molar-refractivity contribution in [2.75, 3.05) is 0 Å². The van der Waals surface area contributed by atoms with Gasteiger partial charge in [-0.2, -0.15) is 0 Å². The number of carbonyl (C=O) groups is 3. The molecule has 3 fully saturated rings. The van der Waals surface area contributed by atoms with E-state index >= 15 is 0 Å². The van der Waals surface area contributed by atoms with Gasteiger partial charge in [0.1, 0.15) is 24.4 Å². The minimum atomic E-state index is -0.901. The molecule has 0 saturated heterocycles. The van der Waals surface area contributed by atoms with Crippen LogP contribution in [0.1, 0.15) is 73.1 Å². The lowest BCUT2D eigenvalue weighted by molar-refractivity contribution is -0.170. The third kappa shape index (κ3) is 3.66. The molecule has 7 heteroatoms. The monoisotopic (exact) mass is 448 g/mol. The zero-order chi connectivity index (χ0) is 23.4. The maximum absolute atomic E-state index is 12.0. The molecule has 4 rings (SSSR count). The van der Waals surface area contributed by atoms with Gasteiger partial charge in [0.05, 0.1) is 0 Å². The zero-order valence-electron chi connectivity index (χ0n) is 19.8. The Kier molecular flexibility index (Phi) is 5.93. The van der Waals surface area contributed by atoms with E-state index in [4.69, 9.17) is 14.2 Å². The van der Waals surface area contributed by atoms with Gasteiger partial charge in [-0.3, -0.25) is 14.4 Å². The minimum absolute atomic E-state index is 0.101. The van der Waals surface area contributed by atoms with E-state index in [1.165, 1.54) is 20.8 Å². The van der Waals surface area contributed by atoms with Crippen molar-refractivity contribution in [3.05, 3.63) is 11.6 Å². The lowest BCUT2D eigenvalue weighted by atomic mass is 9.47. The molecule has 7 nitrogen and oxygen atoms in total.